The standard InChI is InChI=1S/C18H18N2O4/c19-10-14-7-4-8-15(9-14)17(22)16(21)11-20-18(23)24-12-13-5-2-1-3-6-13/h1-9,16-17,21-22H,11-12H2,(H,20,23). The molecule has 0 heterocycles. The molecule has 0 aliphatic rings. The van der Waals surface area contributed by atoms with Crippen LogP contribution in [0.2, 0.25) is 0 Å². The van der Waals surface area contributed by atoms with Gasteiger partial charge in [0.1, 0.15) is 18.8 Å². The molecule has 0 aliphatic carbocycles. The molecule has 2 rings (SSSR count). The molecule has 0 fully saturated rings. The Morgan fingerprint density at radius 2 is 1.92 bits per heavy atom. The summed E-state index contributed by atoms with van der Waals surface area (Å²) in [7, 11) is 0. The third-order valence-electron chi connectivity index (χ3n) is 3.39. The van der Waals surface area contributed by atoms with E-state index in [2.05, 4.69) is 5.32 Å². The van der Waals surface area contributed by atoms with E-state index in [1.54, 1.807) is 18.2 Å². The van der Waals surface area contributed by atoms with E-state index in [4.69, 9.17) is 10.00 Å². The maximum absolute atomic E-state index is 11.6. The lowest BCUT2D eigenvalue weighted by Gasteiger charge is -2.18. The number of alkyl carbamates (subject to hydrolysis) is 1. The van der Waals surface area contributed by atoms with Gasteiger partial charge in [-0.05, 0) is 23.3 Å². The van der Waals surface area contributed by atoms with Gasteiger partial charge in [0.05, 0.1) is 11.6 Å². The van der Waals surface area contributed by atoms with Crippen molar-refractivity contribution in [2.75, 3.05) is 6.54 Å². The van der Waals surface area contributed by atoms with Gasteiger partial charge in [0.25, 0.3) is 0 Å². The molecule has 0 saturated carbocycles. The molecule has 124 valence electrons. The highest BCUT2D eigenvalue weighted by Crippen LogP contribution is 2.17. The molecule has 0 spiro atoms. The molecule has 2 aromatic rings. The van der Waals surface area contributed by atoms with Crippen LogP contribution in [0.25, 0.3) is 0 Å². The number of amides is 1. The Morgan fingerprint density at radius 1 is 1.17 bits per heavy atom. The van der Waals surface area contributed by atoms with Crippen molar-refractivity contribution in [3.63, 3.8) is 0 Å². The minimum Gasteiger partial charge on any atom is -0.445 e. The Labute approximate surface area is 139 Å². The van der Waals surface area contributed by atoms with Crippen molar-refractivity contribution >= 4 is 6.09 Å². The predicted molar refractivity (Wildman–Crippen MR) is 86.8 cm³/mol. The zero-order chi connectivity index (χ0) is 17.4. The number of carbonyl (C=O) groups is 1. The first kappa shape index (κ1) is 17.5. The SMILES string of the molecule is N#Cc1cccc(C(O)C(O)CNC(=O)OCc2ccccc2)c1. The third kappa shape index (κ3) is 5.09. The Morgan fingerprint density at radius 3 is 2.62 bits per heavy atom. The largest absolute Gasteiger partial charge is 0.445 e. The van der Waals surface area contributed by atoms with E-state index >= 15 is 0 Å². The summed E-state index contributed by atoms with van der Waals surface area (Å²) in [4.78, 5) is 11.6. The van der Waals surface area contributed by atoms with Crippen molar-refractivity contribution in [2.24, 2.45) is 0 Å². The zero-order valence-electron chi connectivity index (χ0n) is 12.9. The number of nitriles is 1. The number of hydrogen-bond acceptors (Lipinski definition) is 5. The summed E-state index contributed by atoms with van der Waals surface area (Å²) in [6, 6.07) is 17.5. The van der Waals surface area contributed by atoms with Crippen molar-refractivity contribution in [1.29, 1.82) is 5.26 Å². The van der Waals surface area contributed by atoms with Crippen LogP contribution in [0.5, 0.6) is 0 Å². The van der Waals surface area contributed by atoms with Crippen molar-refractivity contribution < 1.29 is 19.7 Å². The van der Waals surface area contributed by atoms with Gasteiger partial charge in [-0.15, -0.1) is 0 Å². The lowest BCUT2D eigenvalue weighted by Crippen LogP contribution is -2.35. The molecule has 0 radical (unpaired) electrons. The Kier molecular flexibility index (Phi) is 6.32. The quantitative estimate of drug-likeness (QED) is 0.752. The fourth-order valence-corrected chi connectivity index (χ4v) is 2.09. The molecular weight excluding hydrogens is 308 g/mol. The second-order valence-corrected chi connectivity index (χ2v) is 5.19. The summed E-state index contributed by atoms with van der Waals surface area (Å²) < 4.78 is 5.01. The smallest absolute Gasteiger partial charge is 0.407 e. The Balaban J connectivity index is 1.80. The molecule has 2 atom stereocenters. The van der Waals surface area contributed by atoms with Gasteiger partial charge in [0.2, 0.25) is 0 Å². The maximum atomic E-state index is 11.6. The normalized spacial score (nSPS) is 12.7. The van der Waals surface area contributed by atoms with Crippen LogP contribution in [0.1, 0.15) is 22.8 Å². The number of nitrogens with one attached hydrogen (secondary N) is 1. The topological polar surface area (TPSA) is 103 Å². The molecule has 6 heteroatoms. The number of benzene rings is 2. The number of nitrogens with zero attached hydrogens (tertiary/aromatic N) is 1. The fourth-order valence-electron chi connectivity index (χ4n) is 2.09. The lowest BCUT2D eigenvalue weighted by molar-refractivity contribution is 0.0184. The monoisotopic (exact) mass is 326 g/mol. The van der Waals surface area contributed by atoms with E-state index in [-0.39, 0.29) is 13.2 Å². The van der Waals surface area contributed by atoms with Gasteiger partial charge in [-0.2, -0.15) is 5.26 Å². The van der Waals surface area contributed by atoms with Crippen molar-refractivity contribution in [3.05, 3.63) is 71.3 Å². The van der Waals surface area contributed by atoms with E-state index in [1.807, 2.05) is 36.4 Å². The molecular formula is C18H18N2O4. The first-order valence-electron chi connectivity index (χ1n) is 7.41. The van der Waals surface area contributed by atoms with Crippen molar-refractivity contribution in [3.8, 4) is 6.07 Å². The number of carbonyl (C=O) groups excluding carboxylic acids is 1. The summed E-state index contributed by atoms with van der Waals surface area (Å²) in [5.74, 6) is 0. The summed E-state index contributed by atoms with van der Waals surface area (Å²) in [6.07, 6.45) is -3.12. The molecule has 3 N–H and O–H groups in total. The van der Waals surface area contributed by atoms with E-state index in [1.165, 1.54) is 6.07 Å². The van der Waals surface area contributed by atoms with Crippen LogP contribution in [0.4, 0.5) is 4.79 Å². The van der Waals surface area contributed by atoms with Crippen LogP contribution < -0.4 is 5.32 Å². The second-order valence-electron chi connectivity index (χ2n) is 5.19. The molecule has 0 bridgehead atoms. The van der Waals surface area contributed by atoms with Gasteiger partial charge < -0.3 is 20.3 Å². The first-order valence-corrected chi connectivity index (χ1v) is 7.41. The van der Waals surface area contributed by atoms with Gasteiger partial charge in [-0.25, -0.2) is 4.79 Å². The maximum Gasteiger partial charge on any atom is 0.407 e. The van der Waals surface area contributed by atoms with Gasteiger partial charge in [-0.1, -0.05) is 42.5 Å². The van der Waals surface area contributed by atoms with Crippen LogP contribution in [0.15, 0.2) is 54.6 Å². The lowest BCUT2D eigenvalue weighted by atomic mass is 10.0. The van der Waals surface area contributed by atoms with Crippen LogP contribution in [-0.2, 0) is 11.3 Å². The average molecular weight is 326 g/mol. The van der Waals surface area contributed by atoms with Crippen molar-refractivity contribution in [2.45, 2.75) is 18.8 Å². The molecule has 0 aliphatic heterocycles. The highest BCUT2D eigenvalue weighted by atomic mass is 16.5. The third-order valence-corrected chi connectivity index (χ3v) is 3.39. The van der Waals surface area contributed by atoms with E-state index in [9.17, 15) is 15.0 Å². The Hall–Kier alpha value is -2.88. The number of ether oxygens (including phenoxy) is 1. The highest BCUT2D eigenvalue weighted by molar-refractivity contribution is 5.67. The fraction of sp³-hybridized carbons (Fsp3) is 0.222. The predicted octanol–water partition coefficient (Wildman–Crippen LogP) is 1.88. The van der Waals surface area contributed by atoms with Crippen LogP contribution in [0, 0.1) is 11.3 Å². The summed E-state index contributed by atoms with van der Waals surface area (Å²) >= 11 is 0. The van der Waals surface area contributed by atoms with Gasteiger partial charge in [0, 0.05) is 6.54 Å². The number of aliphatic hydroxyl groups is 2. The molecule has 2 unspecified atom stereocenters. The van der Waals surface area contributed by atoms with Gasteiger partial charge in [0.15, 0.2) is 0 Å². The zero-order valence-corrected chi connectivity index (χ0v) is 12.9. The minimum absolute atomic E-state index is 0.121. The first-order chi connectivity index (χ1) is 11.6. The van der Waals surface area contributed by atoms with E-state index in [0.29, 0.717) is 11.1 Å². The van der Waals surface area contributed by atoms with Crippen LogP contribution in [0.3, 0.4) is 0 Å². The van der Waals surface area contributed by atoms with E-state index in [0.717, 1.165) is 5.56 Å². The number of aliphatic hydroxyl groups excluding tert-OH is 2. The van der Waals surface area contributed by atoms with E-state index < -0.39 is 18.3 Å². The second kappa shape index (κ2) is 8.67. The highest BCUT2D eigenvalue weighted by Gasteiger charge is 2.19. The molecule has 2 aromatic carbocycles. The molecule has 0 aromatic heterocycles. The summed E-state index contributed by atoms with van der Waals surface area (Å²) in [5.41, 5.74) is 1.64. The number of rotatable bonds is 6. The summed E-state index contributed by atoms with van der Waals surface area (Å²) in [5, 5.41) is 31.3. The van der Waals surface area contributed by atoms with Gasteiger partial charge in [-0.3, -0.25) is 0 Å². The van der Waals surface area contributed by atoms with Gasteiger partial charge >= 0.3 is 6.09 Å². The minimum atomic E-state index is -1.22. The average Bonchev–Trinajstić information content (AvgIpc) is 2.64. The van der Waals surface area contributed by atoms with Crippen molar-refractivity contribution in [1.82, 2.24) is 5.32 Å². The van der Waals surface area contributed by atoms with Crippen LogP contribution >= 0.6 is 0 Å². The van der Waals surface area contributed by atoms with Crippen LogP contribution in [-0.4, -0.2) is 29.0 Å². The summed E-state index contributed by atoms with van der Waals surface area (Å²) in [6.45, 7) is -0.0545. The Bertz CT molecular complexity index is 712. The molecule has 24 heavy (non-hydrogen) atoms. The number of hydrogen-bond donors (Lipinski definition) is 3. The molecule has 1 amide bonds. The molecule has 6 nitrogen and oxygen atoms in total. The molecule has 0 saturated heterocycles.